The SMILES string of the molecule is CC1=CC[C@H]2C(=O)OC(=O)[C@H]2[C@H]1O[C@H]1C[C@@H](C)CC[C@@H]1C(C)(C)c1ccccc1. The second-order valence-corrected chi connectivity index (χ2v) is 9.76. The second-order valence-electron chi connectivity index (χ2n) is 9.76. The predicted molar refractivity (Wildman–Crippen MR) is 111 cm³/mol. The van der Waals surface area contributed by atoms with Gasteiger partial charge >= 0.3 is 11.9 Å². The summed E-state index contributed by atoms with van der Waals surface area (Å²) in [6, 6.07) is 10.6. The smallest absolute Gasteiger partial charge is 0.320 e. The van der Waals surface area contributed by atoms with Gasteiger partial charge in [-0.1, -0.05) is 63.6 Å². The molecule has 0 aromatic heterocycles. The number of esters is 2. The van der Waals surface area contributed by atoms with E-state index in [-0.39, 0.29) is 17.6 Å². The molecule has 1 saturated carbocycles. The van der Waals surface area contributed by atoms with Crippen LogP contribution < -0.4 is 0 Å². The third-order valence-corrected chi connectivity index (χ3v) is 7.50. The number of allylic oxidation sites excluding steroid dienone is 1. The number of ether oxygens (including phenoxy) is 2. The van der Waals surface area contributed by atoms with Crippen LogP contribution in [0, 0.1) is 23.7 Å². The molecular weight excluding hydrogens is 364 g/mol. The average Bonchev–Trinajstić information content (AvgIpc) is 2.98. The zero-order valence-electron chi connectivity index (χ0n) is 17.9. The molecule has 0 N–H and O–H groups in total. The highest BCUT2D eigenvalue weighted by molar-refractivity contribution is 5.97. The van der Waals surface area contributed by atoms with Gasteiger partial charge in [-0.05, 0) is 54.6 Å². The largest absolute Gasteiger partial charge is 0.393 e. The minimum atomic E-state index is -0.495. The minimum absolute atomic E-state index is 0.0379. The van der Waals surface area contributed by atoms with Crippen molar-refractivity contribution in [3.63, 3.8) is 0 Å². The Balaban J connectivity index is 1.62. The lowest BCUT2D eigenvalue weighted by Crippen LogP contribution is -2.47. The number of benzene rings is 1. The molecule has 0 radical (unpaired) electrons. The molecular formula is C25H32O4. The topological polar surface area (TPSA) is 52.6 Å². The van der Waals surface area contributed by atoms with Gasteiger partial charge in [0.1, 0.15) is 5.92 Å². The number of carbonyl (C=O) groups is 2. The molecule has 4 heteroatoms. The molecule has 0 unspecified atom stereocenters. The fraction of sp³-hybridized carbons (Fsp3) is 0.600. The molecule has 1 aromatic carbocycles. The van der Waals surface area contributed by atoms with Crippen molar-refractivity contribution in [1.82, 2.24) is 0 Å². The molecule has 2 aliphatic carbocycles. The van der Waals surface area contributed by atoms with E-state index in [4.69, 9.17) is 9.47 Å². The zero-order chi connectivity index (χ0) is 20.8. The Hall–Kier alpha value is -1.94. The summed E-state index contributed by atoms with van der Waals surface area (Å²) in [6.07, 6.45) is 5.57. The Morgan fingerprint density at radius 3 is 2.52 bits per heavy atom. The first-order valence-corrected chi connectivity index (χ1v) is 10.9. The maximum Gasteiger partial charge on any atom is 0.320 e. The third-order valence-electron chi connectivity index (χ3n) is 7.50. The van der Waals surface area contributed by atoms with Crippen molar-refractivity contribution in [2.24, 2.45) is 23.7 Å². The first-order valence-electron chi connectivity index (χ1n) is 10.9. The molecule has 156 valence electrons. The van der Waals surface area contributed by atoms with Crippen molar-refractivity contribution in [2.45, 2.75) is 71.0 Å². The highest BCUT2D eigenvalue weighted by atomic mass is 16.6. The minimum Gasteiger partial charge on any atom is -0.393 e. The van der Waals surface area contributed by atoms with Gasteiger partial charge in [0.25, 0.3) is 0 Å². The number of cyclic esters (lactones) is 2. The zero-order valence-corrected chi connectivity index (χ0v) is 17.9. The van der Waals surface area contributed by atoms with E-state index in [1.807, 2.05) is 6.92 Å². The van der Waals surface area contributed by atoms with E-state index < -0.39 is 23.8 Å². The number of fused-ring (bicyclic) bond motifs is 1. The van der Waals surface area contributed by atoms with Crippen LogP contribution >= 0.6 is 0 Å². The van der Waals surface area contributed by atoms with Crippen molar-refractivity contribution >= 4 is 11.9 Å². The summed E-state index contributed by atoms with van der Waals surface area (Å²) in [4.78, 5) is 24.5. The summed E-state index contributed by atoms with van der Waals surface area (Å²) >= 11 is 0. The summed E-state index contributed by atoms with van der Waals surface area (Å²) in [6.45, 7) is 8.90. The van der Waals surface area contributed by atoms with E-state index in [2.05, 4.69) is 57.2 Å². The lowest BCUT2D eigenvalue weighted by molar-refractivity contribution is -0.155. The van der Waals surface area contributed by atoms with Gasteiger partial charge in [0.15, 0.2) is 0 Å². The van der Waals surface area contributed by atoms with Crippen molar-refractivity contribution in [3.8, 4) is 0 Å². The average molecular weight is 397 g/mol. The van der Waals surface area contributed by atoms with E-state index in [1.165, 1.54) is 12.0 Å². The molecule has 1 aromatic rings. The molecule has 29 heavy (non-hydrogen) atoms. The normalized spacial score (nSPS) is 35.1. The molecule has 1 aliphatic heterocycles. The standard InChI is InChI=1S/C25H32O4/c1-15-10-13-19(25(3,4)17-8-6-5-7-9-17)20(14-15)28-22-16(2)11-12-18-21(22)24(27)29-23(18)26/h5-9,11,15,18-22H,10,12-14H2,1-4H3/t15-,18+,19-,20-,21+,22-/m0/s1. The van der Waals surface area contributed by atoms with Crippen LogP contribution in [0.25, 0.3) is 0 Å². The van der Waals surface area contributed by atoms with Crippen LogP contribution in [0.5, 0.6) is 0 Å². The summed E-state index contributed by atoms with van der Waals surface area (Å²) in [7, 11) is 0. The maximum absolute atomic E-state index is 12.4. The molecule has 2 fully saturated rings. The molecule has 4 rings (SSSR count). The number of rotatable bonds is 4. The molecule has 0 amide bonds. The number of carbonyl (C=O) groups excluding carboxylic acids is 2. The first-order chi connectivity index (χ1) is 13.8. The first kappa shape index (κ1) is 20.3. The van der Waals surface area contributed by atoms with Gasteiger partial charge in [-0.25, -0.2) is 0 Å². The van der Waals surface area contributed by atoms with Crippen molar-refractivity contribution in [3.05, 3.63) is 47.5 Å². The highest BCUT2D eigenvalue weighted by Crippen LogP contribution is 2.46. The number of hydrogen-bond donors (Lipinski definition) is 0. The fourth-order valence-corrected chi connectivity index (χ4v) is 5.61. The Morgan fingerprint density at radius 1 is 1.07 bits per heavy atom. The van der Waals surface area contributed by atoms with Crippen LogP contribution in [0.3, 0.4) is 0 Å². The third kappa shape index (κ3) is 3.68. The highest BCUT2D eigenvalue weighted by Gasteiger charge is 2.52. The van der Waals surface area contributed by atoms with Crippen LogP contribution in [0.15, 0.2) is 42.0 Å². The van der Waals surface area contributed by atoms with Gasteiger partial charge in [-0.2, -0.15) is 0 Å². The van der Waals surface area contributed by atoms with Gasteiger partial charge in [0.05, 0.1) is 18.1 Å². The summed E-state index contributed by atoms with van der Waals surface area (Å²) in [5.41, 5.74) is 2.33. The monoisotopic (exact) mass is 396 g/mol. The Kier molecular flexibility index (Phi) is 5.41. The van der Waals surface area contributed by atoms with Crippen molar-refractivity contribution in [2.75, 3.05) is 0 Å². The molecule has 0 bridgehead atoms. The van der Waals surface area contributed by atoms with Gasteiger partial charge in [-0.3, -0.25) is 9.59 Å². The van der Waals surface area contributed by atoms with Crippen LogP contribution in [0.2, 0.25) is 0 Å². The molecule has 4 nitrogen and oxygen atoms in total. The van der Waals surface area contributed by atoms with Crippen molar-refractivity contribution in [1.29, 1.82) is 0 Å². The Bertz CT molecular complexity index is 809. The number of hydrogen-bond acceptors (Lipinski definition) is 4. The fourth-order valence-electron chi connectivity index (χ4n) is 5.61. The van der Waals surface area contributed by atoms with Crippen molar-refractivity contribution < 1.29 is 19.1 Å². The summed E-state index contributed by atoms with van der Waals surface area (Å²) in [5, 5.41) is 0. The van der Waals surface area contributed by atoms with Gasteiger partial charge in [0.2, 0.25) is 0 Å². The van der Waals surface area contributed by atoms with Crippen LogP contribution in [-0.2, 0) is 24.5 Å². The molecule has 3 aliphatic rings. The predicted octanol–water partition coefficient (Wildman–Crippen LogP) is 4.82. The van der Waals surface area contributed by atoms with Crippen LogP contribution in [0.4, 0.5) is 0 Å². The molecule has 1 heterocycles. The van der Waals surface area contributed by atoms with Gasteiger partial charge in [0, 0.05) is 0 Å². The van der Waals surface area contributed by atoms with E-state index in [9.17, 15) is 9.59 Å². The van der Waals surface area contributed by atoms with E-state index in [0.29, 0.717) is 18.3 Å². The van der Waals surface area contributed by atoms with E-state index in [1.54, 1.807) is 0 Å². The van der Waals surface area contributed by atoms with Crippen LogP contribution in [-0.4, -0.2) is 24.1 Å². The summed E-state index contributed by atoms with van der Waals surface area (Å²) < 4.78 is 11.7. The second kappa shape index (κ2) is 7.71. The van der Waals surface area contributed by atoms with Gasteiger partial charge < -0.3 is 9.47 Å². The lowest BCUT2D eigenvalue weighted by atomic mass is 9.64. The Labute approximate surface area is 173 Å². The quantitative estimate of drug-likeness (QED) is 0.416. The summed E-state index contributed by atoms with van der Waals surface area (Å²) in [5.74, 6) is -0.759. The lowest BCUT2D eigenvalue weighted by Gasteiger charge is -2.46. The van der Waals surface area contributed by atoms with Gasteiger partial charge in [-0.15, -0.1) is 0 Å². The van der Waals surface area contributed by atoms with E-state index in [0.717, 1.165) is 18.4 Å². The molecule has 6 atom stereocenters. The van der Waals surface area contributed by atoms with Crippen LogP contribution in [0.1, 0.15) is 58.9 Å². The molecule has 1 saturated heterocycles. The maximum atomic E-state index is 12.4. The Morgan fingerprint density at radius 2 is 1.79 bits per heavy atom. The molecule has 0 spiro atoms. The van der Waals surface area contributed by atoms with E-state index >= 15 is 0 Å².